The summed E-state index contributed by atoms with van der Waals surface area (Å²) in [6.45, 7) is 9.34. The van der Waals surface area contributed by atoms with Crippen molar-refractivity contribution in [2.24, 2.45) is 39.9 Å². The maximum atomic E-state index is 13.3. The number of carbonyl (C=O) groups excluding carboxylic acids is 2. The fourth-order valence-corrected chi connectivity index (χ4v) is 12.0. The summed E-state index contributed by atoms with van der Waals surface area (Å²) in [6, 6.07) is 10.5. The second-order valence-electron chi connectivity index (χ2n) is 13.5. The minimum atomic E-state index is -0.371. The quantitative estimate of drug-likeness (QED) is 0.386. The normalized spacial score (nSPS) is 53.2. The molecule has 3 aliphatic heterocycles. The summed E-state index contributed by atoms with van der Waals surface area (Å²) in [5, 5.41) is 11.2. The number of hydrogen-bond donors (Lipinski definition) is 1. The molecule has 6 nitrogen and oxygen atoms in total. The molecule has 3 heterocycles. The van der Waals surface area contributed by atoms with Crippen LogP contribution >= 0.6 is 0 Å². The molecule has 6 heteroatoms. The Labute approximate surface area is 217 Å². The van der Waals surface area contributed by atoms with E-state index in [9.17, 15) is 14.7 Å². The molecule has 0 amide bonds. The number of aliphatic hydroxyl groups excluding tert-OH is 1. The predicted molar refractivity (Wildman–Crippen MR) is 136 cm³/mol. The van der Waals surface area contributed by atoms with E-state index in [1.54, 1.807) is 6.08 Å². The number of esters is 2. The molecule has 2 spiro atoms. The third-order valence-corrected chi connectivity index (χ3v) is 11.9. The van der Waals surface area contributed by atoms with Gasteiger partial charge in [0.1, 0.15) is 12.2 Å². The Kier molecular flexibility index (Phi) is 4.23. The van der Waals surface area contributed by atoms with Gasteiger partial charge in [0.2, 0.25) is 0 Å². The molecule has 13 unspecified atom stereocenters. The summed E-state index contributed by atoms with van der Waals surface area (Å²) in [6.07, 6.45) is 5.83. The van der Waals surface area contributed by atoms with Crippen LogP contribution in [0.4, 0.5) is 0 Å². The number of piperidine rings is 2. The van der Waals surface area contributed by atoms with Crippen LogP contribution in [-0.4, -0.2) is 58.9 Å². The zero-order valence-electron chi connectivity index (χ0n) is 21.5. The van der Waals surface area contributed by atoms with Gasteiger partial charge in [-0.15, -0.1) is 0 Å². The van der Waals surface area contributed by atoms with Crippen molar-refractivity contribution in [3.05, 3.63) is 54.1 Å². The summed E-state index contributed by atoms with van der Waals surface area (Å²) in [4.78, 5) is 28.5. The molecular weight excluding hydrogens is 466 g/mol. The van der Waals surface area contributed by atoms with Crippen molar-refractivity contribution in [1.82, 2.24) is 4.90 Å². The summed E-state index contributed by atoms with van der Waals surface area (Å²) >= 11 is 0. The molecule has 3 saturated heterocycles. The number of ether oxygens (including phenoxy) is 2. The molecule has 1 aromatic carbocycles. The Hall–Kier alpha value is -2.44. The SMILES string of the molecule is C=C1CC23CC4C5C6(C)CC(O)CC57C(C2C(OC(=O)C=Cc2ccccc2)C1C(OC(C)=O)C37)N4C6. The van der Waals surface area contributed by atoms with Crippen molar-refractivity contribution in [1.29, 1.82) is 0 Å². The van der Waals surface area contributed by atoms with Crippen LogP contribution in [0.1, 0.15) is 45.1 Å². The van der Waals surface area contributed by atoms with Gasteiger partial charge in [-0.25, -0.2) is 4.79 Å². The van der Waals surface area contributed by atoms with Crippen molar-refractivity contribution < 1.29 is 24.2 Å². The molecular formula is C31H35NO5. The maximum Gasteiger partial charge on any atom is 0.331 e. The first-order valence-corrected chi connectivity index (χ1v) is 13.9. The van der Waals surface area contributed by atoms with E-state index in [4.69, 9.17) is 9.47 Å². The highest BCUT2D eigenvalue weighted by molar-refractivity contribution is 5.87. The average molecular weight is 502 g/mol. The predicted octanol–water partition coefficient (Wildman–Crippen LogP) is 3.60. The summed E-state index contributed by atoms with van der Waals surface area (Å²) in [5.41, 5.74) is 1.90. The van der Waals surface area contributed by atoms with Gasteiger partial charge in [-0.3, -0.25) is 9.69 Å². The third kappa shape index (κ3) is 2.50. The van der Waals surface area contributed by atoms with Gasteiger partial charge in [-0.2, -0.15) is 0 Å². The Morgan fingerprint density at radius 3 is 2.65 bits per heavy atom. The van der Waals surface area contributed by atoms with Crippen LogP contribution in [-0.2, 0) is 19.1 Å². The smallest absolute Gasteiger partial charge is 0.331 e. The van der Waals surface area contributed by atoms with Crippen molar-refractivity contribution in [3.63, 3.8) is 0 Å². The van der Waals surface area contributed by atoms with Crippen LogP contribution in [0.25, 0.3) is 6.08 Å². The van der Waals surface area contributed by atoms with Gasteiger partial charge in [0, 0.05) is 48.9 Å². The molecule has 194 valence electrons. The van der Waals surface area contributed by atoms with Crippen LogP contribution in [0.3, 0.4) is 0 Å². The number of fused-ring (bicyclic) bond motifs is 1. The first kappa shape index (κ1) is 22.5. The van der Waals surface area contributed by atoms with Crippen LogP contribution in [0.15, 0.2) is 48.6 Å². The van der Waals surface area contributed by atoms with Gasteiger partial charge < -0.3 is 14.6 Å². The average Bonchev–Trinajstić information content (AvgIpc) is 3.25. The Morgan fingerprint density at radius 2 is 1.89 bits per heavy atom. The van der Waals surface area contributed by atoms with Crippen LogP contribution in [0, 0.1) is 39.9 Å². The van der Waals surface area contributed by atoms with E-state index in [1.165, 1.54) is 13.0 Å². The van der Waals surface area contributed by atoms with Crippen LogP contribution in [0.2, 0.25) is 0 Å². The van der Waals surface area contributed by atoms with Gasteiger partial charge in [0.05, 0.1) is 12.0 Å². The van der Waals surface area contributed by atoms with Gasteiger partial charge in [0.25, 0.3) is 0 Å². The molecule has 37 heavy (non-hydrogen) atoms. The van der Waals surface area contributed by atoms with Gasteiger partial charge in [-0.05, 0) is 54.1 Å². The Balaban J connectivity index is 1.24. The Bertz CT molecular complexity index is 1260. The molecule has 9 fully saturated rings. The second-order valence-corrected chi connectivity index (χ2v) is 13.5. The first-order valence-electron chi connectivity index (χ1n) is 13.9. The third-order valence-electron chi connectivity index (χ3n) is 11.9. The van der Waals surface area contributed by atoms with E-state index in [-0.39, 0.29) is 70.3 Å². The van der Waals surface area contributed by atoms with Crippen LogP contribution in [0.5, 0.6) is 0 Å². The molecule has 0 aromatic heterocycles. The zero-order valence-corrected chi connectivity index (χ0v) is 21.5. The van der Waals surface area contributed by atoms with Gasteiger partial charge in [-0.1, -0.05) is 49.4 Å². The van der Waals surface area contributed by atoms with Crippen molar-refractivity contribution >= 4 is 18.0 Å². The lowest BCUT2D eigenvalue weighted by Gasteiger charge is -2.66. The van der Waals surface area contributed by atoms with E-state index in [0.29, 0.717) is 12.0 Å². The Morgan fingerprint density at radius 1 is 1.11 bits per heavy atom. The fourth-order valence-electron chi connectivity index (χ4n) is 12.0. The lowest BCUT2D eigenvalue weighted by Crippen LogP contribution is -2.69. The largest absolute Gasteiger partial charge is 0.461 e. The molecule has 9 aliphatic rings. The minimum Gasteiger partial charge on any atom is -0.461 e. The number of aliphatic hydroxyl groups is 1. The molecule has 10 rings (SSSR count). The number of hydrogen-bond acceptors (Lipinski definition) is 6. The highest BCUT2D eigenvalue weighted by Gasteiger charge is 2.91. The summed E-state index contributed by atoms with van der Waals surface area (Å²) in [7, 11) is 0. The highest BCUT2D eigenvalue weighted by atomic mass is 16.6. The highest BCUT2D eigenvalue weighted by Crippen LogP contribution is 2.87. The number of benzene rings is 1. The fraction of sp³-hybridized carbons (Fsp3) is 0.613. The minimum absolute atomic E-state index is 0.0829. The molecule has 1 aromatic rings. The van der Waals surface area contributed by atoms with Crippen molar-refractivity contribution in [2.75, 3.05) is 6.54 Å². The van der Waals surface area contributed by atoms with Crippen molar-refractivity contribution in [2.45, 2.75) is 69.9 Å². The summed E-state index contributed by atoms with van der Waals surface area (Å²) < 4.78 is 12.6. The molecule has 13 atom stereocenters. The topological polar surface area (TPSA) is 76.1 Å². The van der Waals surface area contributed by atoms with E-state index in [2.05, 4.69) is 18.4 Å². The van der Waals surface area contributed by atoms with E-state index in [0.717, 1.165) is 43.4 Å². The van der Waals surface area contributed by atoms with Crippen LogP contribution < -0.4 is 0 Å². The molecule has 0 radical (unpaired) electrons. The number of rotatable bonds is 4. The second kappa shape index (κ2) is 6.95. The standard InChI is InChI=1S/C31H35NO5/c1-16-11-30-14-20-26-29(3)12-19(34)13-31(26)27(30)25(36-17(2)33)22(16)24(23(30)28(31)32(20)15-29)37-21(35)10-9-18-7-5-4-6-8-18/h4-10,19-20,22-28,34H,1,11-15H2,2-3H3. The maximum absolute atomic E-state index is 13.3. The van der Waals surface area contributed by atoms with E-state index in [1.807, 2.05) is 30.3 Å². The monoisotopic (exact) mass is 501 g/mol. The van der Waals surface area contributed by atoms with Gasteiger partial charge >= 0.3 is 11.9 Å². The van der Waals surface area contributed by atoms with E-state index < -0.39 is 0 Å². The molecule has 1 N–H and O–H groups in total. The molecule has 9 bridgehead atoms. The van der Waals surface area contributed by atoms with E-state index >= 15 is 0 Å². The lowest BCUT2D eigenvalue weighted by molar-refractivity contribution is -0.229. The number of carbonyl (C=O) groups is 2. The number of nitrogens with zero attached hydrogens (tertiary/aromatic N) is 1. The first-order chi connectivity index (χ1) is 17.7. The van der Waals surface area contributed by atoms with Gasteiger partial charge in [0.15, 0.2) is 0 Å². The van der Waals surface area contributed by atoms with Crippen molar-refractivity contribution in [3.8, 4) is 0 Å². The zero-order chi connectivity index (χ0) is 25.5. The summed E-state index contributed by atoms with van der Waals surface area (Å²) in [5.74, 6) is 0.0271. The lowest BCUT2D eigenvalue weighted by atomic mass is 9.39. The molecule has 6 aliphatic carbocycles. The molecule has 6 saturated carbocycles.